The minimum absolute atomic E-state index is 0.0818. The highest BCUT2D eigenvalue weighted by molar-refractivity contribution is 7.89. The van der Waals surface area contributed by atoms with Gasteiger partial charge in [-0.2, -0.15) is 0 Å². The normalized spacial score (nSPS) is 14.0. The van der Waals surface area contributed by atoms with E-state index in [1.165, 1.54) is 12.1 Å². The molecule has 1 aromatic carbocycles. The van der Waals surface area contributed by atoms with E-state index in [4.69, 9.17) is 34.5 Å². The Morgan fingerprint density at radius 1 is 1.14 bits per heavy atom. The second-order valence-corrected chi connectivity index (χ2v) is 10.4. The van der Waals surface area contributed by atoms with E-state index in [0.29, 0.717) is 19.4 Å². The number of carbonyl (C=O) groups excluding carboxylic acids is 1. The SMILES string of the molecule is CC(C)[C@H](NS(=O)(=O)c1ccc(CCCCN=C(N)NC(=O)c2nc(Cl)c(N)nc2N)cc1)C(N)O. The molecule has 0 radical (unpaired) electrons. The van der Waals surface area contributed by atoms with Crippen molar-refractivity contribution in [3.05, 3.63) is 40.7 Å². The Labute approximate surface area is 214 Å². The molecule has 2 atom stereocenters. The number of hydrogen-bond acceptors (Lipinski definition) is 10. The number of nitrogens with two attached hydrogens (primary N) is 4. The number of amides is 1. The zero-order valence-electron chi connectivity index (χ0n) is 20.0. The van der Waals surface area contributed by atoms with Crippen molar-refractivity contribution < 1.29 is 18.3 Å². The summed E-state index contributed by atoms with van der Waals surface area (Å²) in [5.74, 6) is -1.29. The number of guanidine groups is 1. The summed E-state index contributed by atoms with van der Waals surface area (Å²) >= 11 is 5.77. The first-order valence-electron chi connectivity index (χ1n) is 11.1. The van der Waals surface area contributed by atoms with Crippen molar-refractivity contribution >= 4 is 45.1 Å². The Kier molecular flexibility index (Phi) is 10.4. The molecule has 1 heterocycles. The van der Waals surface area contributed by atoms with E-state index in [1.807, 2.05) is 0 Å². The Bertz CT molecular complexity index is 1180. The molecule has 13 nitrogen and oxygen atoms in total. The summed E-state index contributed by atoms with van der Waals surface area (Å²) in [5, 5.41) is 11.8. The lowest BCUT2D eigenvalue weighted by Gasteiger charge is -2.24. The van der Waals surface area contributed by atoms with Gasteiger partial charge in [0.2, 0.25) is 10.0 Å². The highest BCUT2D eigenvalue weighted by atomic mass is 35.5. The van der Waals surface area contributed by atoms with Gasteiger partial charge in [-0.05, 0) is 42.9 Å². The van der Waals surface area contributed by atoms with Crippen LogP contribution < -0.4 is 33.0 Å². The first-order chi connectivity index (χ1) is 16.8. The second kappa shape index (κ2) is 12.8. The number of aromatic nitrogens is 2. The van der Waals surface area contributed by atoms with E-state index in [1.54, 1.807) is 26.0 Å². The van der Waals surface area contributed by atoms with Crippen molar-refractivity contribution in [1.82, 2.24) is 20.0 Å². The molecule has 1 aromatic heterocycles. The third kappa shape index (κ3) is 8.27. The van der Waals surface area contributed by atoms with Crippen molar-refractivity contribution in [2.45, 2.75) is 50.3 Å². The van der Waals surface area contributed by atoms with Crippen LogP contribution in [0.15, 0.2) is 34.2 Å². The molecule has 1 unspecified atom stereocenters. The molecule has 2 aromatic rings. The number of aryl methyl sites for hydroxylation is 1. The molecule has 0 aliphatic rings. The summed E-state index contributed by atoms with van der Waals surface area (Å²) in [5.41, 5.74) is 23.1. The summed E-state index contributed by atoms with van der Waals surface area (Å²) < 4.78 is 27.6. The number of nitrogens with zero attached hydrogens (tertiary/aromatic N) is 3. The van der Waals surface area contributed by atoms with E-state index in [2.05, 4.69) is 25.0 Å². The van der Waals surface area contributed by atoms with E-state index in [9.17, 15) is 18.3 Å². The summed E-state index contributed by atoms with van der Waals surface area (Å²) in [6, 6.07) is 5.64. The van der Waals surface area contributed by atoms with Crippen molar-refractivity contribution in [1.29, 1.82) is 0 Å². The molecule has 198 valence electrons. The lowest BCUT2D eigenvalue weighted by molar-refractivity contribution is 0.0972. The number of rotatable bonds is 11. The van der Waals surface area contributed by atoms with Crippen molar-refractivity contribution in [2.24, 2.45) is 22.4 Å². The van der Waals surface area contributed by atoms with Crippen LogP contribution in [0.4, 0.5) is 11.6 Å². The van der Waals surface area contributed by atoms with Crippen LogP contribution in [-0.2, 0) is 16.4 Å². The number of nitrogens with one attached hydrogen (secondary N) is 2. The maximum Gasteiger partial charge on any atom is 0.280 e. The fourth-order valence-electron chi connectivity index (χ4n) is 3.15. The molecule has 0 bridgehead atoms. The molecular formula is C21H32ClN9O4S. The molecular weight excluding hydrogens is 510 g/mol. The lowest BCUT2D eigenvalue weighted by atomic mass is 10.0. The number of aliphatic hydroxyl groups excluding tert-OH is 1. The van der Waals surface area contributed by atoms with Gasteiger partial charge in [0, 0.05) is 6.54 Å². The number of nitrogen functional groups attached to an aromatic ring is 2. The molecule has 36 heavy (non-hydrogen) atoms. The number of aliphatic imine (C=N–C) groups is 1. The van der Waals surface area contributed by atoms with Crippen LogP contribution in [0.25, 0.3) is 0 Å². The predicted octanol–water partition coefficient (Wildman–Crippen LogP) is -0.0582. The number of aliphatic hydroxyl groups is 1. The minimum Gasteiger partial charge on any atom is -0.382 e. The van der Waals surface area contributed by atoms with E-state index >= 15 is 0 Å². The van der Waals surface area contributed by atoms with Gasteiger partial charge in [-0.3, -0.25) is 15.1 Å². The summed E-state index contributed by atoms with van der Waals surface area (Å²) in [7, 11) is -3.83. The molecule has 0 saturated heterocycles. The maximum absolute atomic E-state index is 12.6. The lowest BCUT2D eigenvalue weighted by Crippen LogP contribution is -2.50. The molecule has 11 N–H and O–H groups in total. The Hall–Kier alpha value is -3.04. The van der Waals surface area contributed by atoms with Gasteiger partial charge in [-0.1, -0.05) is 37.6 Å². The van der Waals surface area contributed by atoms with E-state index in [-0.39, 0.29) is 39.3 Å². The Morgan fingerprint density at radius 2 is 1.78 bits per heavy atom. The molecule has 0 aliphatic heterocycles. The number of halogens is 1. The fourth-order valence-corrected chi connectivity index (χ4v) is 4.67. The van der Waals surface area contributed by atoms with Gasteiger partial charge >= 0.3 is 0 Å². The highest BCUT2D eigenvalue weighted by Crippen LogP contribution is 2.17. The Morgan fingerprint density at radius 3 is 2.36 bits per heavy atom. The molecule has 0 aliphatic carbocycles. The molecule has 0 fully saturated rings. The van der Waals surface area contributed by atoms with Gasteiger partial charge < -0.3 is 28.0 Å². The summed E-state index contributed by atoms with van der Waals surface area (Å²) in [6.45, 7) is 3.88. The van der Waals surface area contributed by atoms with E-state index in [0.717, 1.165) is 12.0 Å². The smallest absolute Gasteiger partial charge is 0.280 e. The average Bonchev–Trinajstić information content (AvgIpc) is 2.79. The Balaban J connectivity index is 1.84. The van der Waals surface area contributed by atoms with Crippen LogP contribution >= 0.6 is 11.6 Å². The topological polar surface area (TPSA) is 238 Å². The van der Waals surface area contributed by atoms with Crippen molar-refractivity contribution in [3.63, 3.8) is 0 Å². The van der Waals surface area contributed by atoms with Crippen LogP contribution in [0.1, 0.15) is 42.7 Å². The van der Waals surface area contributed by atoms with Crippen LogP contribution in [0.3, 0.4) is 0 Å². The quantitative estimate of drug-likeness (QED) is 0.0864. The number of hydrogen-bond donors (Lipinski definition) is 7. The van der Waals surface area contributed by atoms with Gasteiger partial charge in [0.25, 0.3) is 5.91 Å². The third-order valence-electron chi connectivity index (χ3n) is 5.13. The highest BCUT2D eigenvalue weighted by Gasteiger charge is 2.26. The van der Waals surface area contributed by atoms with Gasteiger partial charge in [0.1, 0.15) is 6.23 Å². The number of sulfonamides is 1. The van der Waals surface area contributed by atoms with Gasteiger partial charge in [0.05, 0.1) is 10.9 Å². The van der Waals surface area contributed by atoms with Crippen molar-refractivity contribution in [3.8, 4) is 0 Å². The first kappa shape index (κ1) is 29.2. The number of anilines is 2. The molecule has 1 amide bonds. The standard InChI is InChI=1S/C21H32ClN9O4S/c1-11(2)14(19(25)32)31-36(34,35)13-8-6-12(7-9-13)5-3-4-10-27-21(26)30-20(33)15-17(23)29-18(24)16(22)28-15/h6-9,11,14,19,31-32H,3-5,10,25H2,1-2H3,(H4,23,24,29)(H3,26,27,30,33)/t14-,19?/m0/s1. The molecule has 0 saturated carbocycles. The monoisotopic (exact) mass is 541 g/mol. The van der Waals surface area contributed by atoms with Crippen LogP contribution in [-0.4, -0.2) is 54.2 Å². The molecule has 2 rings (SSSR count). The van der Waals surface area contributed by atoms with Gasteiger partial charge in [-0.15, -0.1) is 0 Å². The zero-order chi connectivity index (χ0) is 27.0. The first-order valence-corrected chi connectivity index (χ1v) is 12.9. The fraction of sp³-hybridized carbons (Fsp3) is 0.429. The number of unbranched alkanes of at least 4 members (excludes halogenated alkanes) is 1. The number of benzene rings is 1. The average molecular weight is 542 g/mol. The molecule has 15 heteroatoms. The largest absolute Gasteiger partial charge is 0.382 e. The van der Waals surface area contributed by atoms with Gasteiger partial charge in [0.15, 0.2) is 28.4 Å². The zero-order valence-corrected chi connectivity index (χ0v) is 21.6. The van der Waals surface area contributed by atoms with Crippen molar-refractivity contribution in [2.75, 3.05) is 18.0 Å². The third-order valence-corrected chi connectivity index (χ3v) is 6.88. The van der Waals surface area contributed by atoms with Crippen LogP contribution in [0.5, 0.6) is 0 Å². The molecule has 0 spiro atoms. The summed E-state index contributed by atoms with van der Waals surface area (Å²) in [4.78, 5) is 23.9. The van der Waals surface area contributed by atoms with Gasteiger partial charge in [-0.25, -0.2) is 23.1 Å². The minimum atomic E-state index is -3.83. The maximum atomic E-state index is 12.6. The predicted molar refractivity (Wildman–Crippen MR) is 138 cm³/mol. The van der Waals surface area contributed by atoms with E-state index < -0.39 is 28.2 Å². The number of carbonyl (C=O) groups is 1. The summed E-state index contributed by atoms with van der Waals surface area (Å²) in [6.07, 6.45) is 0.780. The van der Waals surface area contributed by atoms with Crippen LogP contribution in [0.2, 0.25) is 5.15 Å². The van der Waals surface area contributed by atoms with Crippen LogP contribution in [0, 0.1) is 5.92 Å². The second-order valence-electron chi connectivity index (χ2n) is 8.34.